The number of hydrogen-bond acceptors (Lipinski definition) is 3. The SMILES string of the molecule is Cc1cccc(N2C(=O)CSC2c2ccc(NC(=O)c3cccc(Br)c3)cc2)c1. The first-order chi connectivity index (χ1) is 14.0. The van der Waals surface area contributed by atoms with E-state index in [1.54, 1.807) is 23.9 Å². The molecule has 146 valence electrons. The molecule has 1 aliphatic rings. The summed E-state index contributed by atoms with van der Waals surface area (Å²) in [5.74, 6) is 0.406. The molecule has 1 aliphatic heterocycles. The molecule has 1 atom stereocenters. The summed E-state index contributed by atoms with van der Waals surface area (Å²) in [6, 6.07) is 23.0. The lowest BCUT2D eigenvalue weighted by Crippen LogP contribution is -2.27. The molecule has 3 aromatic rings. The highest BCUT2D eigenvalue weighted by molar-refractivity contribution is 9.10. The summed E-state index contributed by atoms with van der Waals surface area (Å²) < 4.78 is 0.861. The van der Waals surface area contributed by atoms with Gasteiger partial charge in [-0.05, 0) is 60.5 Å². The second kappa shape index (κ2) is 8.43. The minimum Gasteiger partial charge on any atom is -0.322 e. The molecule has 4 rings (SSSR count). The monoisotopic (exact) mass is 466 g/mol. The van der Waals surface area contributed by atoms with Crippen LogP contribution >= 0.6 is 27.7 Å². The van der Waals surface area contributed by atoms with E-state index in [0.29, 0.717) is 11.3 Å². The van der Waals surface area contributed by atoms with Crippen LogP contribution in [0.1, 0.15) is 26.9 Å². The lowest BCUT2D eigenvalue weighted by Gasteiger charge is -2.25. The Labute approximate surface area is 182 Å². The maximum Gasteiger partial charge on any atom is 0.255 e. The van der Waals surface area contributed by atoms with E-state index in [1.807, 2.05) is 72.5 Å². The van der Waals surface area contributed by atoms with Gasteiger partial charge >= 0.3 is 0 Å². The molecule has 0 radical (unpaired) electrons. The smallest absolute Gasteiger partial charge is 0.255 e. The highest BCUT2D eigenvalue weighted by Gasteiger charge is 2.34. The third kappa shape index (κ3) is 4.38. The molecule has 0 saturated carbocycles. The zero-order valence-electron chi connectivity index (χ0n) is 15.8. The average Bonchev–Trinajstić information content (AvgIpc) is 3.10. The molecule has 1 heterocycles. The van der Waals surface area contributed by atoms with Crippen LogP contribution in [0.3, 0.4) is 0 Å². The lowest BCUT2D eigenvalue weighted by molar-refractivity contribution is -0.115. The number of carbonyl (C=O) groups is 2. The van der Waals surface area contributed by atoms with E-state index < -0.39 is 0 Å². The molecule has 0 spiro atoms. The minimum absolute atomic E-state index is 0.0702. The molecule has 29 heavy (non-hydrogen) atoms. The Kier molecular flexibility index (Phi) is 5.74. The van der Waals surface area contributed by atoms with E-state index in [-0.39, 0.29) is 17.2 Å². The number of nitrogens with zero attached hydrogens (tertiary/aromatic N) is 1. The predicted octanol–water partition coefficient (Wildman–Crippen LogP) is 5.79. The standard InChI is InChI=1S/C23H19BrN2O2S/c1-15-4-2-7-20(12-15)26-21(27)14-29-23(26)16-8-10-19(11-9-16)25-22(28)17-5-3-6-18(24)13-17/h2-13,23H,14H2,1H3,(H,25,28). The lowest BCUT2D eigenvalue weighted by atomic mass is 10.1. The van der Waals surface area contributed by atoms with Crippen molar-refractivity contribution >= 4 is 50.9 Å². The minimum atomic E-state index is -0.161. The summed E-state index contributed by atoms with van der Waals surface area (Å²) >= 11 is 5.00. The first-order valence-corrected chi connectivity index (χ1v) is 11.0. The van der Waals surface area contributed by atoms with Crippen molar-refractivity contribution in [3.8, 4) is 0 Å². The fourth-order valence-electron chi connectivity index (χ4n) is 3.29. The number of anilines is 2. The van der Waals surface area contributed by atoms with E-state index in [4.69, 9.17) is 0 Å². The Morgan fingerprint density at radius 3 is 2.55 bits per heavy atom. The molecule has 1 fully saturated rings. The Morgan fingerprint density at radius 2 is 1.83 bits per heavy atom. The van der Waals surface area contributed by atoms with Gasteiger partial charge in [0.05, 0.1) is 5.75 Å². The maximum absolute atomic E-state index is 12.5. The first kappa shape index (κ1) is 19.7. The molecular formula is C23H19BrN2O2S. The van der Waals surface area contributed by atoms with E-state index in [0.717, 1.165) is 27.0 Å². The number of hydrogen-bond donors (Lipinski definition) is 1. The summed E-state index contributed by atoms with van der Waals surface area (Å²) in [4.78, 5) is 26.8. The van der Waals surface area contributed by atoms with Gasteiger partial charge in [0.2, 0.25) is 5.91 Å². The van der Waals surface area contributed by atoms with Crippen molar-refractivity contribution in [1.29, 1.82) is 0 Å². The van der Waals surface area contributed by atoms with E-state index in [1.165, 1.54) is 0 Å². The molecule has 2 amide bonds. The van der Waals surface area contributed by atoms with Crippen LogP contribution in [-0.2, 0) is 4.79 Å². The van der Waals surface area contributed by atoms with Gasteiger partial charge in [-0.15, -0.1) is 11.8 Å². The molecule has 6 heteroatoms. The highest BCUT2D eigenvalue weighted by Crippen LogP contribution is 2.42. The summed E-state index contributed by atoms with van der Waals surface area (Å²) in [5, 5.41) is 2.85. The molecule has 0 aliphatic carbocycles. The van der Waals surface area contributed by atoms with Crippen molar-refractivity contribution < 1.29 is 9.59 Å². The van der Waals surface area contributed by atoms with Crippen molar-refractivity contribution in [1.82, 2.24) is 0 Å². The number of thioether (sulfide) groups is 1. The van der Waals surface area contributed by atoms with Gasteiger partial charge in [0.15, 0.2) is 0 Å². The number of aryl methyl sites for hydroxylation is 1. The Bertz CT molecular complexity index is 1070. The number of carbonyl (C=O) groups excluding carboxylic acids is 2. The Hall–Kier alpha value is -2.57. The zero-order valence-corrected chi connectivity index (χ0v) is 18.2. The number of nitrogens with one attached hydrogen (secondary N) is 1. The van der Waals surface area contributed by atoms with Gasteiger partial charge in [-0.1, -0.05) is 46.3 Å². The van der Waals surface area contributed by atoms with Crippen LogP contribution in [0.15, 0.2) is 77.3 Å². The van der Waals surface area contributed by atoms with Crippen molar-refractivity contribution in [3.63, 3.8) is 0 Å². The van der Waals surface area contributed by atoms with E-state index in [2.05, 4.69) is 21.2 Å². The van der Waals surface area contributed by atoms with Gasteiger partial charge in [0.1, 0.15) is 5.37 Å². The van der Waals surface area contributed by atoms with Crippen LogP contribution in [0.5, 0.6) is 0 Å². The molecule has 1 unspecified atom stereocenters. The van der Waals surface area contributed by atoms with Crippen LogP contribution in [0.25, 0.3) is 0 Å². The van der Waals surface area contributed by atoms with Crippen LogP contribution in [0.4, 0.5) is 11.4 Å². The van der Waals surface area contributed by atoms with Crippen LogP contribution < -0.4 is 10.2 Å². The number of rotatable bonds is 4. The molecular weight excluding hydrogens is 448 g/mol. The highest BCUT2D eigenvalue weighted by atomic mass is 79.9. The van der Waals surface area contributed by atoms with Gasteiger partial charge < -0.3 is 5.32 Å². The van der Waals surface area contributed by atoms with Crippen molar-refractivity contribution in [2.24, 2.45) is 0 Å². The molecule has 0 bridgehead atoms. The van der Waals surface area contributed by atoms with Gasteiger partial charge in [0, 0.05) is 21.4 Å². The summed E-state index contributed by atoms with van der Waals surface area (Å²) in [6.07, 6.45) is 0. The molecule has 3 aromatic carbocycles. The Balaban J connectivity index is 1.52. The predicted molar refractivity (Wildman–Crippen MR) is 122 cm³/mol. The maximum atomic E-state index is 12.5. The number of halogens is 1. The topological polar surface area (TPSA) is 49.4 Å². The van der Waals surface area contributed by atoms with Gasteiger partial charge in [-0.25, -0.2) is 0 Å². The van der Waals surface area contributed by atoms with Gasteiger partial charge in [-0.2, -0.15) is 0 Å². The van der Waals surface area contributed by atoms with E-state index in [9.17, 15) is 9.59 Å². The fraction of sp³-hybridized carbons (Fsp3) is 0.130. The second-order valence-electron chi connectivity index (χ2n) is 6.85. The zero-order chi connectivity index (χ0) is 20.4. The summed E-state index contributed by atoms with van der Waals surface area (Å²) in [7, 11) is 0. The molecule has 4 nitrogen and oxygen atoms in total. The molecule has 1 saturated heterocycles. The largest absolute Gasteiger partial charge is 0.322 e. The third-order valence-corrected chi connectivity index (χ3v) is 6.39. The van der Waals surface area contributed by atoms with Gasteiger partial charge in [0.25, 0.3) is 5.91 Å². The normalized spacial score (nSPS) is 16.1. The summed E-state index contributed by atoms with van der Waals surface area (Å²) in [6.45, 7) is 2.02. The number of benzene rings is 3. The van der Waals surface area contributed by atoms with Crippen LogP contribution in [0, 0.1) is 6.92 Å². The van der Waals surface area contributed by atoms with Crippen molar-refractivity contribution in [2.75, 3.05) is 16.0 Å². The molecule has 1 N–H and O–H groups in total. The van der Waals surface area contributed by atoms with Crippen molar-refractivity contribution in [2.45, 2.75) is 12.3 Å². The summed E-state index contributed by atoms with van der Waals surface area (Å²) in [5.41, 5.74) is 4.37. The van der Waals surface area contributed by atoms with Gasteiger partial charge in [-0.3, -0.25) is 14.5 Å². The van der Waals surface area contributed by atoms with E-state index >= 15 is 0 Å². The quantitative estimate of drug-likeness (QED) is 0.529. The fourth-order valence-corrected chi connectivity index (χ4v) is 4.87. The van der Waals surface area contributed by atoms with Crippen LogP contribution in [0.2, 0.25) is 0 Å². The average molecular weight is 467 g/mol. The van der Waals surface area contributed by atoms with Crippen LogP contribution in [-0.4, -0.2) is 17.6 Å². The Morgan fingerprint density at radius 1 is 1.07 bits per heavy atom. The molecule has 0 aromatic heterocycles. The number of amides is 2. The first-order valence-electron chi connectivity index (χ1n) is 9.18. The second-order valence-corrected chi connectivity index (χ2v) is 8.84. The third-order valence-electron chi connectivity index (χ3n) is 4.69. The van der Waals surface area contributed by atoms with Crippen molar-refractivity contribution in [3.05, 3.63) is 94.0 Å².